The lowest BCUT2D eigenvalue weighted by atomic mass is 9.98. The normalized spacial score (nSPS) is 23.3. The van der Waals surface area contributed by atoms with Gasteiger partial charge >= 0.3 is 0 Å². The smallest absolute Gasteiger partial charge is 0.234 e. The molecule has 144 valence electrons. The number of nitrogens with zero attached hydrogens (tertiary/aromatic N) is 4. The van der Waals surface area contributed by atoms with Crippen molar-refractivity contribution >= 4 is 5.91 Å². The van der Waals surface area contributed by atoms with E-state index in [0.717, 1.165) is 25.1 Å². The zero-order chi connectivity index (χ0) is 18.4. The summed E-state index contributed by atoms with van der Waals surface area (Å²) >= 11 is 0. The summed E-state index contributed by atoms with van der Waals surface area (Å²) < 4.78 is 0. The molecule has 6 nitrogen and oxygen atoms in total. The molecule has 6 heteroatoms. The van der Waals surface area contributed by atoms with Gasteiger partial charge in [0, 0.05) is 37.6 Å². The van der Waals surface area contributed by atoms with Crippen LogP contribution in [0.3, 0.4) is 0 Å². The Hall–Kier alpha value is -1.50. The van der Waals surface area contributed by atoms with Crippen LogP contribution in [0.2, 0.25) is 0 Å². The number of hydrogen-bond donors (Lipinski definition) is 1. The van der Waals surface area contributed by atoms with Crippen molar-refractivity contribution in [3.05, 3.63) is 30.1 Å². The zero-order valence-corrected chi connectivity index (χ0v) is 16.2. The molecule has 1 atom stereocenters. The largest absolute Gasteiger partial charge is 0.351 e. The molecule has 0 bridgehead atoms. The third-order valence-electron chi connectivity index (χ3n) is 5.61. The van der Waals surface area contributed by atoms with E-state index in [1.54, 1.807) is 6.20 Å². The molecule has 1 amide bonds. The summed E-state index contributed by atoms with van der Waals surface area (Å²) in [7, 11) is 4.19. The molecule has 1 aromatic heterocycles. The molecule has 0 aromatic carbocycles. The van der Waals surface area contributed by atoms with E-state index < -0.39 is 0 Å². The molecule has 2 fully saturated rings. The summed E-state index contributed by atoms with van der Waals surface area (Å²) in [5.41, 5.74) is 1.13. The monoisotopic (exact) mass is 359 g/mol. The number of aromatic nitrogens is 1. The van der Waals surface area contributed by atoms with Crippen LogP contribution in [0.25, 0.3) is 0 Å². The van der Waals surface area contributed by atoms with Gasteiger partial charge < -0.3 is 10.2 Å². The number of amides is 1. The fourth-order valence-electron chi connectivity index (χ4n) is 4.19. The van der Waals surface area contributed by atoms with Crippen LogP contribution < -0.4 is 5.32 Å². The summed E-state index contributed by atoms with van der Waals surface area (Å²) in [5, 5.41) is 3.27. The minimum Gasteiger partial charge on any atom is -0.351 e. The lowest BCUT2D eigenvalue weighted by Gasteiger charge is -2.41. The van der Waals surface area contributed by atoms with E-state index in [2.05, 4.69) is 27.1 Å². The predicted octanol–water partition coefficient (Wildman–Crippen LogP) is 1.19. The third-order valence-corrected chi connectivity index (χ3v) is 5.61. The highest BCUT2D eigenvalue weighted by molar-refractivity contribution is 5.78. The van der Waals surface area contributed by atoms with Gasteiger partial charge in [0.2, 0.25) is 5.91 Å². The summed E-state index contributed by atoms with van der Waals surface area (Å²) in [6.07, 6.45) is 8.42. The Morgan fingerprint density at radius 3 is 2.85 bits per heavy atom. The van der Waals surface area contributed by atoms with Crippen molar-refractivity contribution in [2.24, 2.45) is 0 Å². The number of piperidine rings is 2. The molecule has 1 aromatic rings. The molecule has 0 saturated carbocycles. The van der Waals surface area contributed by atoms with Crippen molar-refractivity contribution in [1.29, 1.82) is 0 Å². The highest BCUT2D eigenvalue weighted by Crippen LogP contribution is 2.20. The molecular weight excluding hydrogens is 326 g/mol. The average molecular weight is 360 g/mol. The van der Waals surface area contributed by atoms with Crippen LogP contribution in [0.15, 0.2) is 24.5 Å². The van der Waals surface area contributed by atoms with Gasteiger partial charge in [-0.05, 0) is 71.0 Å². The van der Waals surface area contributed by atoms with Gasteiger partial charge in [-0.2, -0.15) is 0 Å². The fourth-order valence-corrected chi connectivity index (χ4v) is 4.19. The number of likely N-dealkylation sites (N-methyl/N-ethyl adjacent to an activating group) is 1. The SMILES string of the molecule is CN1CCC(N2CCCC(NC(=O)CN(C)Cc3cccnc3)C2)CC1. The zero-order valence-electron chi connectivity index (χ0n) is 16.2. The van der Waals surface area contributed by atoms with Crippen LogP contribution >= 0.6 is 0 Å². The molecule has 0 spiro atoms. The van der Waals surface area contributed by atoms with E-state index in [4.69, 9.17) is 0 Å². The van der Waals surface area contributed by atoms with E-state index in [0.29, 0.717) is 18.6 Å². The third kappa shape index (κ3) is 5.76. The van der Waals surface area contributed by atoms with Crippen molar-refractivity contribution in [1.82, 2.24) is 25.0 Å². The van der Waals surface area contributed by atoms with E-state index >= 15 is 0 Å². The highest BCUT2D eigenvalue weighted by atomic mass is 16.2. The van der Waals surface area contributed by atoms with E-state index in [1.807, 2.05) is 30.3 Å². The van der Waals surface area contributed by atoms with Crippen molar-refractivity contribution < 1.29 is 4.79 Å². The van der Waals surface area contributed by atoms with Crippen LogP contribution in [-0.2, 0) is 11.3 Å². The second-order valence-corrected chi connectivity index (χ2v) is 7.97. The van der Waals surface area contributed by atoms with Crippen LogP contribution in [0, 0.1) is 0 Å². The number of hydrogen-bond acceptors (Lipinski definition) is 5. The van der Waals surface area contributed by atoms with Gasteiger partial charge in [-0.25, -0.2) is 0 Å². The minimum absolute atomic E-state index is 0.131. The van der Waals surface area contributed by atoms with Gasteiger partial charge in [-0.3, -0.25) is 19.6 Å². The van der Waals surface area contributed by atoms with Crippen molar-refractivity contribution in [3.63, 3.8) is 0 Å². The summed E-state index contributed by atoms with van der Waals surface area (Å²) in [6.45, 7) is 5.75. The highest BCUT2D eigenvalue weighted by Gasteiger charge is 2.28. The Kier molecular flexibility index (Phi) is 7.00. The molecule has 3 heterocycles. The maximum Gasteiger partial charge on any atom is 0.234 e. The summed E-state index contributed by atoms with van der Waals surface area (Å²) in [6, 6.07) is 4.96. The molecular formula is C20H33N5O. The predicted molar refractivity (Wildman–Crippen MR) is 104 cm³/mol. The first-order valence-corrected chi connectivity index (χ1v) is 9.89. The Bertz CT molecular complexity index is 559. The molecule has 0 radical (unpaired) electrons. The maximum atomic E-state index is 12.4. The number of pyridine rings is 1. The number of nitrogens with one attached hydrogen (secondary N) is 1. The van der Waals surface area contributed by atoms with Gasteiger partial charge in [0.15, 0.2) is 0 Å². The first-order valence-electron chi connectivity index (χ1n) is 9.89. The number of carbonyl (C=O) groups is 1. The van der Waals surface area contributed by atoms with Crippen LogP contribution in [-0.4, -0.2) is 84.5 Å². The van der Waals surface area contributed by atoms with Crippen LogP contribution in [0.5, 0.6) is 0 Å². The molecule has 2 saturated heterocycles. The lowest BCUT2D eigenvalue weighted by Crippen LogP contribution is -2.54. The van der Waals surface area contributed by atoms with Gasteiger partial charge in [0.25, 0.3) is 0 Å². The summed E-state index contributed by atoms with van der Waals surface area (Å²) in [5.74, 6) is 0.131. The van der Waals surface area contributed by atoms with Crippen LogP contribution in [0.4, 0.5) is 0 Å². The fraction of sp³-hybridized carbons (Fsp3) is 0.700. The molecule has 0 aliphatic carbocycles. The van der Waals surface area contributed by atoms with Gasteiger partial charge in [0.1, 0.15) is 0 Å². The Labute approximate surface area is 157 Å². The Balaban J connectivity index is 1.42. The standard InChI is InChI=1S/C20H33N5O/c1-23-11-7-19(8-12-23)25-10-4-6-18(15-25)22-20(26)16-24(2)14-17-5-3-9-21-13-17/h3,5,9,13,18-19H,4,6-8,10-12,14-16H2,1-2H3,(H,22,26). The van der Waals surface area contributed by atoms with Crippen LogP contribution in [0.1, 0.15) is 31.2 Å². The van der Waals surface area contributed by atoms with E-state index in [1.165, 1.54) is 38.9 Å². The number of carbonyl (C=O) groups excluding carboxylic acids is 1. The first-order chi connectivity index (χ1) is 12.6. The van der Waals surface area contributed by atoms with Crippen molar-refractivity contribution in [2.75, 3.05) is 46.8 Å². The second kappa shape index (κ2) is 9.44. The molecule has 2 aliphatic heterocycles. The molecule has 3 rings (SSSR count). The van der Waals surface area contributed by atoms with Gasteiger partial charge in [0.05, 0.1) is 6.54 Å². The van der Waals surface area contributed by atoms with Crippen molar-refractivity contribution in [2.45, 2.75) is 44.3 Å². The Morgan fingerprint density at radius 1 is 1.31 bits per heavy atom. The van der Waals surface area contributed by atoms with E-state index in [-0.39, 0.29) is 5.91 Å². The number of rotatable bonds is 6. The van der Waals surface area contributed by atoms with Gasteiger partial charge in [-0.15, -0.1) is 0 Å². The minimum atomic E-state index is 0.131. The quantitative estimate of drug-likeness (QED) is 0.827. The number of likely N-dealkylation sites (tertiary alicyclic amines) is 2. The average Bonchev–Trinajstić information content (AvgIpc) is 2.63. The topological polar surface area (TPSA) is 51.7 Å². The van der Waals surface area contributed by atoms with Gasteiger partial charge in [-0.1, -0.05) is 6.07 Å². The molecule has 2 aliphatic rings. The summed E-state index contributed by atoms with van der Waals surface area (Å²) in [4.78, 5) is 23.6. The van der Waals surface area contributed by atoms with Crippen molar-refractivity contribution in [3.8, 4) is 0 Å². The Morgan fingerprint density at radius 2 is 2.12 bits per heavy atom. The molecule has 1 N–H and O–H groups in total. The second-order valence-electron chi connectivity index (χ2n) is 7.97. The lowest BCUT2D eigenvalue weighted by molar-refractivity contribution is -0.123. The maximum absolute atomic E-state index is 12.4. The first kappa shape index (κ1) is 19.3. The van der Waals surface area contributed by atoms with E-state index in [9.17, 15) is 4.79 Å². The molecule has 26 heavy (non-hydrogen) atoms. The molecule has 1 unspecified atom stereocenters.